The third-order valence-electron chi connectivity index (χ3n) is 3.69. The summed E-state index contributed by atoms with van der Waals surface area (Å²) in [4.78, 5) is 17.6. The number of aliphatic imine (C=N–C) groups is 1. The minimum Gasteiger partial charge on any atom is -0.459 e. The number of hydrogen-bond acceptors (Lipinski definition) is 4. The molecule has 0 aliphatic carbocycles. The molecule has 0 fully saturated rings. The normalized spacial score (nSPS) is 12.4. The molecule has 2 rings (SSSR count). The van der Waals surface area contributed by atoms with Crippen LogP contribution in [0.1, 0.15) is 18.7 Å². The maximum atomic E-state index is 11.8. The fourth-order valence-corrected chi connectivity index (χ4v) is 2.20. The van der Waals surface area contributed by atoms with E-state index in [0.29, 0.717) is 19.1 Å². The minimum absolute atomic E-state index is 0. The molecule has 0 aliphatic rings. The summed E-state index contributed by atoms with van der Waals surface area (Å²) in [6, 6.07) is 9.77. The van der Waals surface area contributed by atoms with Gasteiger partial charge in [-0.3, -0.25) is 4.79 Å². The summed E-state index contributed by atoms with van der Waals surface area (Å²) < 4.78 is 10.9. The van der Waals surface area contributed by atoms with Crippen LogP contribution in [0.2, 0.25) is 0 Å². The van der Waals surface area contributed by atoms with Crippen LogP contribution in [0.4, 0.5) is 0 Å². The van der Waals surface area contributed by atoms with E-state index in [1.165, 1.54) is 4.90 Å². The third-order valence-corrected chi connectivity index (χ3v) is 3.69. The molecule has 0 bridgehead atoms. The molecule has 0 radical (unpaired) electrons. The largest absolute Gasteiger partial charge is 0.459 e. The Morgan fingerprint density at radius 2 is 2.08 bits per heavy atom. The van der Waals surface area contributed by atoms with Crippen molar-refractivity contribution in [3.05, 3.63) is 36.1 Å². The molecule has 1 heterocycles. The lowest BCUT2D eigenvalue weighted by Gasteiger charge is -2.17. The summed E-state index contributed by atoms with van der Waals surface area (Å²) in [7, 11) is 5.05. The van der Waals surface area contributed by atoms with Gasteiger partial charge in [-0.25, -0.2) is 4.99 Å². The molecule has 1 unspecified atom stereocenters. The Labute approximate surface area is 171 Å². The first-order chi connectivity index (χ1) is 12.0. The lowest BCUT2D eigenvalue weighted by molar-refractivity contribution is -0.127. The van der Waals surface area contributed by atoms with Gasteiger partial charge in [-0.1, -0.05) is 18.2 Å². The molecular weight excluding hydrogens is 447 g/mol. The van der Waals surface area contributed by atoms with E-state index in [2.05, 4.69) is 15.6 Å². The van der Waals surface area contributed by atoms with E-state index in [1.54, 1.807) is 21.2 Å². The molecule has 2 aromatic rings. The van der Waals surface area contributed by atoms with Crippen molar-refractivity contribution in [3.63, 3.8) is 0 Å². The second kappa shape index (κ2) is 11.0. The van der Waals surface area contributed by atoms with Crippen LogP contribution in [0.15, 0.2) is 39.7 Å². The minimum atomic E-state index is -0.101. The number of guanidine groups is 1. The van der Waals surface area contributed by atoms with Crippen molar-refractivity contribution in [2.24, 2.45) is 4.99 Å². The van der Waals surface area contributed by atoms with Gasteiger partial charge in [-0.15, -0.1) is 24.0 Å². The standard InChI is InChI=1S/C18H26N4O3.HI/c1-13(16-11-14-7-5-6-8-15(14)25-16)21-18(19-9-10-24-4)20-12-17(23)22(2)3;/h5-8,11,13H,9-10,12H2,1-4H3,(H2,19,20,21);1H. The fraction of sp³-hybridized carbons (Fsp3) is 0.444. The zero-order chi connectivity index (χ0) is 18.2. The van der Waals surface area contributed by atoms with Gasteiger partial charge in [0.25, 0.3) is 0 Å². The molecule has 26 heavy (non-hydrogen) atoms. The predicted molar refractivity (Wildman–Crippen MR) is 114 cm³/mol. The smallest absolute Gasteiger partial charge is 0.243 e. The van der Waals surface area contributed by atoms with Crippen LogP contribution in [-0.2, 0) is 9.53 Å². The second-order valence-corrected chi connectivity index (χ2v) is 5.93. The molecule has 1 atom stereocenters. The van der Waals surface area contributed by atoms with E-state index in [1.807, 2.05) is 37.3 Å². The van der Waals surface area contributed by atoms with Crippen LogP contribution < -0.4 is 10.6 Å². The molecule has 0 saturated carbocycles. The average molecular weight is 474 g/mol. The van der Waals surface area contributed by atoms with Gasteiger partial charge in [0.05, 0.1) is 12.6 Å². The van der Waals surface area contributed by atoms with Gasteiger partial charge >= 0.3 is 0 Å². The third kappa shape index (κ3) is 6.49. The van der Waals surface area contributed by atoms with Crippen molar-refractivity contribution >= 4 is 46.8 Å². The van der Waals surface area contributed by atoms with Gasteiger partial charge in [0.1, 0.15) is 17.9 Å². The molecule has 8 heteroatoms. The molecule has 144 valence electrons. The van der Waals surface area contributed by atoms with Gasteiger partial charge in [-0.2, -0.15) is 0 Å². The van der Waals surface area contributed by atoms with Crippen molar-refractivity contribution in [2.75, 3.05) is 40.9 Å². The van der Waals surface area contributed by atoms with E-state index in [0.717, 1.165) is 16.7 Å². The fourth-order valence-electron chi connectivity index (χ4n) is 2.20. The SMILES string of the molecule is COCCNC(=NCC(=O)N(C)C)NC(C)c1cc2ccccc2o1.I. The average Bonchev–Trinajstić information content (AvgIpc) is 3.03. The Morgan fingerprint density at radius 1 is 1.35 bits per heavy atom. The van der Waals surface area contributed by atoms with E-state index < -0.39 is 0 Å². The van der Waals surface area contributed by atoms with Crippen LogP contribution in [-0.4, -0.2) is 57.7 Å². The number of rotatable bonds is 7. The van der Waals surface area contributed by atoms with Gasteiger partial charge in [0.15, 0.2) is 5.96 Å². The van der Waals surface area contributed by atoms with Crippen molar-refractivity contribution in [1.29, 1.82) is 0 Å². The maximum absolute atomic E-state index is 11.8. The number of para-hydroxylation sites is 1. The Morgan fingerprint density at radius 3 is 2.73 bits per heavy atom. The second-order valence-electron chi connectivity index (χ2n) is 5.93. The number of methoxy groups -OCH3 is 1. The molecule has 1 amide bonds. The molecular formula is C18H27IN4O3. The van der Waals surface area contributed by atoms with E-state index in [-0.39, 0.29) is 42.5 Å². The van der Waals surface area contributed by atoms with E-state index in [9.17, 15) is 4.79 Å². The number of ether oxygens (including phenoxy) is 1. The Hall–Kier alpha value is -1.81. The van der Waals surface area contributed by atoms with Gasteiger partial charge in [0.2, 0.25) is 5.91 Å². The molecule has 1 aromatic heterocycles. The van der Waals surface area contributed by atoms with Crippen molar-refractivity contribution in [3.8, 4) is 0 Å². The van der Waals surface area contributed by atoms with Gasteiger partial charge in [-0.05, 0) is 19.1 Å². The molecule has 0 aliphatic heterocycles. The monoisotopic (exact) mass is 474 g/mol. The Balaban J connectivity index is 0.00000338. The number of fused-ring (bicyclic) bond motifs is 1. The molecule has 0 saturated heterocycles. The maximum Gasteiger partial charge on any atom is 0.243 e. The number of nitrogens with zero attached hydrogens (tertiary/aromatic N) is 2. The number of likely N-dealkylation sites (N-methyl/N-ethyl adjacent to an activating group) is 1. The summed E-state index contributed by atoms with van der Waals surface area (Å²) in [5, 5.41) is 7.47. The highest BCUT2D eigenvalue weighted by atomic mass is 127. The lowest BCUT2D eigenvalue weighted by Crippen LogP contribution is -2.41. The van der Waals surface area contributed by atoms with Gasteiger partial charge < -0.3 is 24.7 Å². The van der Waals surface area contributed by atoms with Gasteiger partial charge in [0, 0.05) is 33.1 Å². The van der Waals surface area contributed by atoms with Crippen LogP contribution in [0.25, 0.3) is 11.0 Å². The first-order valence-electron chi connectivity index (χ1n) is 8.23. The lowest BCUT2D eigenvalue weighted by atomic mass is 10.2. The predicted octanol–water partition coefficient (Wildman–Crippen LogP) is 2.38. The van der Waals surface area contributed by atoms with E-state index in [4.69, 9.17) is 9.15 Å². The van der Waals surface area contributed by atoms with Crippen molar-refractivity contribution < 1.29 is 13.9 Å². The molecule has 7 nitrogen and oxygen atoms in total. The first-order valence-corrected chi connectivity index (χ1v) is 8.23. The Kier molecular flexibility index (Phi) is 9.42. The quantitative estimate of drug-likeness (QED) is 0.279. The zero-order valence-electron chi connectivity index (χ0n) is 15.6. The molecule has 1 aromatic carbocycles. The van der Waals surface area contributed by atoms with E-state index >= 15 is 0 Å². The number of amides is 1. The summed E-state index contributed by atoms with van der Waals surface area (Å²) in [6.45, 7) is 3.19. The number of nitrogens with one attached hydrogen (secondary N) is 2. The highest BCUT2D eigenvalue weighted by Crippen LogP contribution is 2.23. The van der Waals surface area contributed by atoms with Crippen LogP contribution >= 0.6 is 24.0 Å². The van der Waals surface area contributed by atoms with Crippen LogP contribution in [0.5, 0.6) is 0 Å². The highest BCUT2D eigenvalue weighted by molar-refractivity contribution is 14.0. The van der Waals surface area contributed by atoms with Crippen LogP contribution in [0, 0.1) is 0 Å². The number of carbonyl (C=O) groups is 1. The first kappa shape index (κ1) is 22.2. The number of carbonyl (C=O) groups excluding carboxylic acids is 1. The molecule has 0 spiro atoms. The summed E-state index contributed by atoms with van der Waals surface area (Å²) >= 11 is 0. The summed E-state index contributed by atoms with van der Waals surface area (Å²) in [6.07, 6.45) is 0. The topological polar surface area (TPSA) is 79.1 Å². The Bertz CT molecular complexity index is 697. The van der Waals surface area contributed by atoms with Crippen molar-refractivity contribution in [1.82, 2.24) is 15.5 Å². The van der Waals surface area contributed by atoms with Crippen LogP contribution in [0.3, 0.4) is 0 Å². The number of hydrogen-bond donors (Lipinski definition) is 2. The summed E-state index contributed by atoms with van der Waals surface area (Å²) in [5.74, 6) is 1.28. The summed E-state index contributed by atoms with van der Waals surface area (Å²) in [5.41, 5.74) is 0.847. The number of furan rings is 1. The number of benzene rings is 1. The zero-order valence-corrected chi connectivity index (χ0v) is 17.9. The van der Waals surface area contributed by atoms with Crippen molar-refractivity contribution in [2.45, 2.75) is 13.0 Å². The number of halogens is 1. The molecule has 2 N–H and O–H groups in total. The highest BCUT2D eigenvalue weighted by Gasteiger charge is 2.13.